The van der Waals surface area contributed by atoms with Gasteiger partial charge in [0.1, 0.15) is 22.9 Å². The predicted octanol–water partition coefficient (Wildman–Crippen LogP) is 5.58. The number of rotatable bonds is 6. The summed E-state index contributed by atoms with van der Waals surface area (Å²) in [5.41, 5.74) is 12.1. The van der Waals surface area contributed by atoms with Crippen molar-refractivity contribution in [3.8, 4) is 22.5 Å². The minimum absolute atomic E-state index is 0.159. The van der Waals surface area contributed by atoms with E-state index in [1.54, 1.807) is 6.20 Å². The van der Waals surface area contributed by atoms with Crippen molar-refractivity contribution in [2.75, 3.05) is 25.4 Å². The number of benzene rings is 2. The molecule has 1 saturated heterocycles. The third-order valence-electron chi connectivity index (χ3n) is 9.13. The number of imidazole rings is 1. The summed E-state index contributed by atoms with van der Waals surface area (Å²) >= 11 is 0. The molecule has 1 saturated carbocycles. The maximum Gasteiger partial charge on any atom is 0.223 e. The maximum absolute atomic E-state index is 12.6. The molecule has 0 atom stereocenters. The number of nitrogens with two attached hydrogens (primary N) is 1. The van der Waals surface area contributed by atoms with Gasteiger partial charge in [-0.25, -0.2) is 15.0 Å². The zero-order valence-electron chi connectivity index (χ0n) is 23.8. The molecule has 2 fully saturated rings. The van der Waals surface area contributed by atoms with E-state index in [9.17, 15) is 4.79 Å². The highest BCUT2D eigenvalue weighted by atomic mass is 16.1. The van der Waals surface area contributed by atoms with Crippen molar-refractivity contribution in [1.82, 2.24) is 30.0 Å². The number of nitrogens with zero attached hydrogens (tertiary/aromatic N) is 4. The van der Waals surface area contributed by atoms with Crippen LogP contribution < -0.4 is 16.4 Å². The van der Waals surface area contributed by atoms with Gasteiger partial charge in [0.05, 0.1) is 11.2 Å². The Morgan fingerprint density at radius 2 is 1.71 bits per heavy atom. The molecule has 0 radical (unpaired) electrons. The van der Waals surface area contributed by atoms with Crippen LogP contribution in [-0.2, 0) is 4.79 Å². The second-order valence-electron chi connectivity index (χ2n) is 11.8. The predicted molar refractivity (Wildman–Crippen MR) is 167 cm³/mol. The number of hydrogen-bond acceptors (Lipinski definition) is 6. The third-order valence-corrected chi connectivity index (χ3v) is 9.13. The molecule has 8 heteroatoms. The minimum Gasteiger partial charge on any atom is -0.382 e. The van der Waals surface area contributed by atoms with Gasteiger partial charge >= 0.3 is 0 Å². The van der Waals surface area contributed by atoms with Crippen LogP contribution in [0.25, 0.3) is 38.9 Å². The number of amides is 1. The topological polar surface area (TPSA) is 110 Å². The van der Waals surface area contributed by atoms with Crippen LogP contribution in [0.3, 0.4) is 0 Å². The number of anilines is 1. The molecule has 1 aliphatic carbocycles. The number of piperidine rings is 1. The first kappa shape index (κ1) is 26.6. The number of carbonyl (C=O) groups is 1. The van der Waals surface area contributed by atoms with Crippen LogP contribution >= 0.6 is 0 Å². The fourth-order valence-corrected chi connectivity index (χ4v) is 6.71. The van der Waals surface area contributed by atoms with Crippen molar-refractivity contribution in [3.63, 3.8) is 0 Å². The number of pyridine rings is 1. The van der Waals surface area contributed by atoms with Crippen LogP contribution in [0.5, 0.6) is 0 Å². The Kier molecular flexibility index (Phi) is 7.30. The van der Waals surface area contributed by atoms with E-state index in [-0.39, 0.29) is 11.8 Å². The fraction of sp³-hybridized carbons (Fsp3) is 0.353. The van der Waals surface area contributed by atoms with E-state index in [1.165, 1.54) is 0 Å². The van der Waals surface area contributed by atoms with Crippen molar-refractivity contribution in [1.29, 1.82) is 0 Å². The second-order valence-corrected chi connectivity index (χ2v) is 11.8. The van der Waals surface area contributed by atoms with E-state index in [0.29, 0.717) is 17.7 Å². The van der Waals surface area contributed by atoms with E-state index < -0.39 is 0 Å². The molecule has 1 aliphatic heterocycles. The molecule has 2 aromatic carbocycles. The van der Waals surface area contributed by atoms with Gasteiger partial charge in [0.2, 0.25) is 5.91 Å². The third kappa shape index (κ3) is 5.23. The summed E-state index contributed by atoms with van der Waals surface area (Å²) in [6.45, 7) is 2.65. The molecule has 7 rings (SSSR count). The second kappa shape index (κ2) is 11.5. The molecule has 4 heterocycles. The van der Waals surface area contributed by atoms with Crippen molar-refractivity contribution in [2.24, 2.45) is 11.8 Å². The Balaban J connectivity index is 1.13. The van der Waals surface area contributed by atoms with Crippen molar-refractivity contribution >= 4 is 28.1 Å². The largest absolute Gasteiger partial charge is 0.382 e. The van der Waals surface area contributed by atoms with E-state index in [0.717, 1.165) is 103 Å². The molecule has 0 bridgehead atoms. The Morgan fingerprint density at radius 3 is 2.52 bits per heavy atom. The summed E-state index contributed by atoms with van der Waals surface area (Å²) in [5.74, 6) is 2.74. The monoisotopic (exact) mass is 559 g/mol. The van der Waals surface area contributed by atoms with Crippen LogP contribution in [0.15, 0.2) is 73.1 Å². The quantitative estimate of drug-likeness (QED) is 0.250. The smallest absolute Gasteiger partial charge is 0.223 e. The maximum atomic E-state index is 12.6. The highest BCUT2D eigenvalue weighted by Crippen LogP contribution is 2.39. The van der Waals surface area contributed by atoms with Gasteiger partial charge in [-0.15, -0.1) is 0 Å². The van der Waals surface area contributed by atoms with Gasteiger partial charge in [0, 0.05) is 47.3 Å². The summed E-state index contributed by atoms with van der Waals surface area (Å²) in [4.78, 5) is 27.3. The molecule has 5 aromatic rings. The van der Waals surface area contributed by atoms with Gasteiger partial charge in [-0.05, 0) is 69.7 Å². The number of hydrogen-bond donors (Lipinski definition) is 3. The fourth-order valence-electron chi connectivity index (χ4n) is 6.71. The van der Waals surface area contributed by atoms with E-state index in [4.69, 9.17) is 15.7 Å². The average molecular weight is 560 g/mol. The minimum atomic E-state index is 0.159. The number of nitrogen functional groups attached to an aromatic ring is 1. The molecular weight excluding hydrogens is 522 g/mol. The van der Waals surface area contributed by atoms with Gasteiger partial charge < -0.3 is 16.4 Å². The van der Waals surface area contributed by atoms with E-state index >= 15 is 0 Å². The molecule has 214 valence electrons. The normalized spacial score (nSPS) is 19.7. The summed E-state index contributed by atoms with van der Waals surface area (Å²) in [6, 6.07) is 20.8. The number of aromatic nitrogens is 4. The Bertz CT molecular complexity index is 1720. The van der Waals surface area contributed by atoms with Crippen molar-refractivity contribution in [3.05, 3.63) is 78.9 Å². The summed E-state index contributed by atoms with van der Waals surface area (Å²) in [7, 11) is 0. The van der Waals surface area contributed by atoms with Gasteiger partial charge in [-0.3, -0.25) is 9.20 Å². The number of fused-ring (bicyclic) bond motifs is 2. The molecule has 0 unspecified atom stereocenters. The first-order valence-electron chi connectivity index (χ1n) is 15.2. The van der Waals surface area contributed by atoms with Gasteiger partial charge in [-0.1, -0.05) is 48.5 Å². The summed E-state index contributed by atoms with van der Waals surface area (Å²) < 4.78 is 2.14. The van der Waals surface area contributed by atoms with Crippen LogP contribution in [-0.4, -0.2) is 44.9 Å². The molecule has 42 heavy (non-hydrogen) atoms. The summed E-state index contributed by atoms with van der Waals surface area (Å²) in [5, 5.41) is 7.67. The average Bonchev–Trinajstić information content (AvgIpc) is 3.45. The highest BCUT2D eigenvalue weighted by Gasteiger charge is 2.29. The van der Waals surface area contributed by atoms with E-state index in [1.807, 2.05) is 24.4 Å². The van der Waals surface area contributed by atoms with Crippen LogP contribution in [0.1, 0.15) is 50.3 Å². The lowest BCUT2D eigenvalue weighted by atomic mass is 9.81. The SMILES string of the molecule is Nc1nccn2c1c(-c1ccc3ccc(-c4ccccc4)nc3c1)nc2[C@H]1CC[C@H](CNC(=O)C2CCNCC2)CC1. The highest BCUT2D eigenvalue weighted by molar-refractivity contribution is 5.91. The summed E-state index contributed by atoms with van der Waals surface area (Å²) in [6.07, 6.45) is 9.83. The van der Waals surface area contributed by atoms with Crippen molar-refractivity contribution < 1.29 is 4.79 Å². The van der Waals surface area contributed by atoms with Gasteiger partial charge in [0.25, 0.3) is 0 Å². The van der Waals surface area contributed by atoms with Crippen LogP contribution in [0, 0.1) is 11.8 Å². The van der Waals surface area contributed by atoms with Crippen LogP contribution in [0.2, 0.25) is 0 Å². The van der Waals surface area contributed by atoms with Crippen molar-refractivity contribution in [2.45, 2.75) is 44.4 Å². The number of nitrogens with one attached hydrogen (secondary N) is 2. The van der Waals surface area contributed by atoms with Crippen LogP contribution in [0.4, 0.5) is 5.82 Å². The molecule has 1 amide bonds. The van der Waals surface area contributed by atoms with Gasteiger partial charge in [0.15, 0.2) is 0 Å². The lowest BCUT2D eigenvalue weighted by molar-refractivity contribution is -0.126. The molecule has 4 N–H and O–H groups in total. The standard InChI is InChI=1S/C34H37N7O/c35-32-31-30(27-11-10-24-12-13-28(39-29(24)20-27)23-4-2-1-3-5-23)40-33(41(31)19-18-37-32)25-8-6-22(7-9-25)21-38-34(42)26-14-16-36-17-15-26/h1-5,10-13,18-20,22,25-26,36H,6-9,14-17,21H2,(H2,35,37)(H,38,42)/t22-,25-. The number of carbonyl (C=O) groups excluding carboxylic acids is 1. The molecule has 2 aliphatic rings. The molecule has 0 spiro atoms. The van der Waals surface area contributed by atoms with E-state index in [2.05, 4.69) is 62.5 Å². The first-order valence-corrected chi connectivity index (χ1v) is 15.2. The molecular formula is C34H37N7O. The Labute approximate surface area is 245 Å². The molecule has 8 nitrogen and oxygen atoms in total. The lowest BCUT2D eigenvalue weighted by Crippen LogP contribution is -2.40. The first-order chi connectivity index (χ1) is 20.6. The Hall–Kier alpha value is -4.30. The lowest BCUT2D eigenvalue weighted by Gasteiger charge is -2.29. The zero-order chi connectivity index (χ0) is 28.5. The molecule has 3 aromatic heterocycles. The van der Waals surface area contributed by atoms with Gasteiger partial charge in [-0.2, -0.15) is 0 Å². The Morgan fingerprint density at radius 1 is 0.929 bits per heavy atom. The zero-order valence-corrected chi connectivity index (χ0v) is 23.8.